The molecule has 0 saturated carbocycles. The van der Waals surface area contributed by atoms with Gasteiger partial charge in [0.2, 0.25) is 0 Å². The summed E-state index contributed by atoms with van der Waals surface area (Å²) in [5.41, 5.74) is 14.3. The molecule has 4 N–H and O–H groups in total. The van der Waals surface area contributed by atoms with Gasteiger partial charge in [-0.2, -0.15) is 0 Å². The topological polar surface area (TPSA) is 61.3 Å². The highest BCUT2D eigenvalue weighted by Gasteiger charge is 2.22. The molecule has 0 bridgehead atoms. The molecular formula is C17H21ClN2O. The number of hydrogen-bond donors (Lipinski definition) is 2. The van der Waals surface area contributed by atoms with Crippen molar-refractivity contribution in [2.45, 2.75) is 11.8 Å². The van der Waals surface area contributed by atoms with Crippen molar-refractivity contribution in [3.63, 3.8) is 0 Å². The zero-order valence-corrected chi connectivity index (χ0v) is 12.9. The molecule has 0 saturated heterocycles. The summed E-state index contributed by atoms with van der Waals surface area (Å²) in [6.07, 6.45) is 0. The third-order valence-electron chi connectivity index (χ3n) is 3.84. The van der Waals surface area contributed by atoms with E-state index in [0.29, 0.717) is 13.1 Å². The standard InChI is InChI=1S/C17H21ClN2O/c1-21-15-8-4-13(5-9-15)17(11-20)16(10-19)12-2-6-14(18)7-3-12/h2-9,16-17H,10-11,19-20H2,1H3. The summed E-state index contributed by atoms with van der Waals surface area (Å²) >= 11 is 5.95. The van der Waals surface area contributed by atoms with E-state index >= 15 is 0 Å². The molecule has 2 rings (SSSR count). The molecule has 0 heterocycles. The molecule has 0 aromatic heterocycles. The molecule has 0 radical (unpaired) electrons. The third-order valence-corrected chi connectivity index (χ3v) is 4.09. The molecule has 0 amide bonds. The summed E-state index contributed by atoms with van der Waals surface area (Å²) in [6.45, 7) is 1.08. The lowest BCUT2D eigenvalue weighted by atomic mass is 9.81. The Labute approximate surface area is 130 Å². The predicted octanol–water partition coefficient (Wildman–Crippen LogP) is 3.13. The minimum absolute atomic E-state index is 0.167. The van der Waals surface area contributed by atoms with Gasteiger partial charge in [0.15, 0.2) is 0 Å². The van der Waals surface area contributed by atoms with E-state index in [0.717, 1.165) is 16.3 Å². The van der Waals surface area contributed by atoms with Crippen molar-refractivity contribution in [3.05, 3.63) is 64.7 Å². The molecule has 0 aliphatic carbocycles. The van der Waals surface area contributed by atoms with Gasteiger partial charge in [-0.15, -0.1) is 0 Å². The predicted molar refractivity (Wildman–Crippen MR) is 88.0 cm³/mol. The summed E-state index contributed by atoms with van der Waals surface area (Å²) in [5, 5.41) is 0.725. The maximum absolute atomic E-state index is 6.01. The van der Waals surface area contributed by atoms with E-state index in [-0.39, 0.29) is 11.8 Å². The quantitative estimate of drug-likeness (QED) is 0.862. The summed E-state index contributed by atoms with van der Waals surface area (Å²) in [6, 6.07) is 15.8. The molecule has 2 unspecified atom stereocenters. The van der Waals surface area contributed by atoms with Crippen molar-refractivity contribution in [2.75, 3.05) is 20.2 Å². The highest BCUT2D eigenvalue weighted by Crippen LogP contribution is 2.33. The second kappa shape index (κ2) is 7.46. The maximum Gasteiger partial charge on any atom is 0.118 e. The van der Waals surface area contributed by atoms with E-state index in [2.05, 4.69) is 12.1 Å². The van der Waals surface area contributed by atoms with Gasteiger partial charge in [-0.3, -0.25) is 0 Å². The Hall–Kier alpha value is -1.55. The molecule has 112 valence electrons. The minimum atomic E-state index is 0.167. The van der Waals surface area contributed by atoms with E-state index in [1.165, 1.54) is 5.56 Å². The molecular weight excluding hydrogens is 284 g/mol. The van der Waals surface area contributed by atoms with Gasteiger partial charge in [-0.05, 0) is 48.5 Å². The van der Waals surface area contributed by atoms with Crippen molar-refractivity contribution in [2.24, 2.45) is 11.5 Å². The van der Waals surface area contributed by atoms with E-state index < -0.39 is 0 Å². The van der Waals surface area contributed by atoms with Crippen LogP contribution in [0.1, 0.15) is 23.0 Å². The number of rotatable bonds is 6. The highest BCUT2D eigenvalue weighted by molar-refractivity contribution is 6.30. The smallest absolute Gasteiger partial charge is 0.118 e. The average molecular weight is 305 g/mol. The van der Waals surface area contributed by atoms with Crippen LogP contribution in [0, 0.1) is 0 Å². The minimum Gasteiger partial charge on any atom is -0.497 e. The molecule has 0 fully saturated rings. The molecule has 0 aliphatic rings. The lowest BCUT2D eigenvalue weighted by molar-refractivity contribution is 0.414. The Morgan fingerprint density at radius 1 is 0.857 bits per heavy atom. The first kappa shape index (κ1) is 15.8. The van der Waals surface area contributed by atoms with E-state index in [9.17, 15) is 0 Å². The number of benzene rings is 2. The van der Waals surface area contributed by atoms with Crippen molar-refractivity contribution in [1.29, 1.82) is 0 Å². The van der Waals surface area contributed by atoms with Gasteiger partial charge < -0.3 is 16.2 Å². The summed E-state index contributed by atoms with van der Waals surface area (Å²) in [5.74, 6) is 1.17. The van der Waals surface area contributed by atoms with Crippen LogP contribution in [0.25, 0.3) is 0 Å². The van der Waals surface area contributed by atoms with Crippen LogP contribution >= 0.6 is 11.6 Å². The van der Waals surface area contributed by atoms with Crippen LogP contribution in [0.15, 0.2) is 48.5 Å². The van der Waals surface area contributed by atoms with Crippen LogP contribution in [-0.4, -0.2) is 20.2 Å². The molecule has 3 nitrogen and oxygen atoms in total. The summed E-state index contributed by atoms with van der Waals surface area (Å²) in [4.78, 5) is 0. The van der Waals surface area contributed by atoms with Crippen LogP contribution in [0.2, 0.25) is 5.02 Å². The average Bonchev–Trinajstić information content (AvgIpc) is 2.54. The molecule has 2 aromatic carbocycles. The Morgan fingerprint density at radius 3 is 1.67 bits per heavy atom. The number of nitrogens with two attached hydrogens (primary N) is 2. The van der Waals surface area contributed by atoms with Crippen molar-refractivity contribution >= 4 is 11.6 Å². The van der Waals surface area contributed by atoms with Gasteiger partial charge in [0.25, 0.3) is 0 Å². The fourth-order valence-electron chi connectivity index (χ4n) is 2.63. The van der Waals surface area contributed by atoms with Gasteiger partial charge in [0.1, 0.15) is 5.75 Å². The first-order chi connectivity index (χ1) is 10.2. The summed E-state index contributed by atoms with van der Waals surface area (Å²) < 4.78 is 5.20. The Kier molecular flexibility index (Phi) is 5.62. The van der Waals surface area contributed by atoms with Gasteiger partial charge in [-0.25, -0.2) is 0 Å². The van der Waals surface area contributed by atoms with Gasteiger partial charge in [0, 0.05) is 16.9 Å². The zero-order chi connectivity index (χ0) is 15.2. The monoisotopic (exact) mass is 304 g/mol. The molecule has 2 aromatic rings. The molecule has 21 heavy (non-hydrogen) atoms. The fourth-order valence-corrected chi connectivity index (χ4v) is 2.75. The van der Waals surface area contributed by atoms with Crippen LogP contribution < -0.4 is 16.2 Å². The van der Waals surface area contributed by atoms with Crippen LogP contribution in [-0.2, 0) is 0 Å². The van der Waals surface area contributed by atoms with Crippen LogP contribution in [0.3, 0.4) is 0 Å². The third kappa shape index (κ3) is 3.76. The molecule has 2 atom stereocenters. The number of ether oxygens (including phenoxy) is 1. The number of hydrogen-bond acceptors (Lipinski definition) is 3. The molecule has 0 aliphatic heterocycles. The Bertz CT molecular complexity index is 554. The maximum atomic E-state index is 6.01. The molecule has 0 spiro atoms. The lowest BCUT2D eigenvalue weighted by Crippen LogP contribution is -2.26. The number of halogens is 1. The van der Waals surface area contributed by atoms with Crippen molar-refractivity contribution in [1.82, 2.24) is 0 Å². The highest BCUT2D eigenvalue weighted by atomic mass is 35.5. The largest absolute Gasteiger partial charge is 0.497 e. The normalized spacial score (nSPS) is 13.7. The van der Waals surface area contributed by atoms with E-state index in [1.807, 2.05) is 36.4 Å². The first-order valence-corrected chi connectivity index (χ1v) is 7.37. The van der Waals surface area contributed by atoms with E-state index in [1.54, 1.807) is 7.11 Å². The second-order valence-electron chi connectivity index (χ2n) is 5.01. The SMILES string of the molecule is COc1ccc(C(CN)C(CN)c2ccc(Cl)cc2)cc1. The van der Waals surface area contributed by atoms with Crippen LogP contribution in [0.5, 0.6) is 5.75 Å². The first-order valence-electron chi connectivity index (χ1n) is 6.99. The summed E-state index contributed by atoms with van der Waals surface area (Å²) in [7, 11) is 1.66. The van der Waals surface area contributed by atoms with Crippen molar-refractivity contribution in [3.8, 4) is 5.75 Å². The van der Waals surface area contributed by atoms with Gasteiger partial charge in [-0.1, -0.05) is 35.9 Å². The lowest BCUT2D eigenvalue weighted by Gasteiger charge is -2.26. The van der Waals surface area contributed by atoms with Crippen molar-refractivity contribution < 1.29 is 4.74 Å². The second-order valence-corrected chi connectivity index (χ2v) is 5.45. The Morgan fingerprint density at radius 2 is 1.29 bits per heavy atom. The van der Waals surface area contributed by atoms with Crippen LogP contribution in [0.4, 0.5) is 0 Å². The van der Waals surface area contributed by atoms with Gasteiger partial charge in [0.05, 0.1) is 7.11 Å². The molecule has 4 heteroatoms. The number of methoxy groups -OCH3 is 1. The van der Waals surface area contributed by atoms with E-state index in [4.69, 9.17) is 27.8 Å². The fraction of sp³-hybridized carbons (Fsp3) is 0.294. The van der Waals surface area contributed by atoms with Gasteiger partial charge >= 0.3 is 0 Å². The zero-order valence-electron chi connectivity index (χ0n) is 12.1. The Balaban J connectivity index is 2.29.